The van der Waals surface area contributed by atoms with Crippen LogP contribution < -0.4 is 10.6 Å². The molecule has 3 aromatic rings. The lowest BCUT2D eigenvalue weighted by Crippen LogP contribution is -2.48. The van der Waals surface area contributed by atoms with Crippen LogP contribution in [0.4, 0.5) is 8.78 Å². The average molecular weight is 551 g/mol. The Bertz CT molecular complexity index is 1290. The molecular weight excluding hydrogens is 510 g/mol. The van der Waals surface area contributed by atoms with Crippen molar-refractivity contribution in [3.63, 3.8) is 0 Å². The Morgan fingerprint density at radius 2 is 1.57 bits per heavy atom. The Morgan fingerprint density at radius 3 is 2.25 bits per heavy atom. The van der Waals surface area contributed by atoms with Crippen LogP contribution in [0.3, 0.4) is 0 Å². The number of aliphatic hydroxyl groups is 1. The van der Waals surface area contributed by atoms with Gasteiger partial charge in [0.05, 0.1) is 12.1 Å². The van der Waals surface area contributed by atoms with Gasteiger partial charge in [-0.1, -0.05) is 51.5 Å². The predicted octanol–water partition coefficient (Wildman–Crippen LogP) is 5.95. The second-order valence-corrected chi connectivity index (χ2v) is 10.6. The van der Waals surface area contributed by atoms with Crippen molar-refractivity contribution < 1.29 is 23.5 Å². The van der Waals surface area contributed by atoms with Crippen LogP contribution in [0, 0.1) is 24.5 Å². The first kappa shape index (κ1) is 31.1. The minimum atomic E-state index is -1.06. The quantitative estimate of drug-likeness (QED) is 0.217. The molecule has 0 saturated heterocycles. The van der Waals surface area contributed by atoms with Gasteiger partial charge in [0, 0.05) is 36.2 Å². The fourth-order valence-corrected chi connectivity index (χ4v) is 4.89. The lowest BCUT2D eigenvalue weighted by atomic mass is 9.93. The van der Waals surface area contributed by atoms with E-state index in [0.717, 1.165) is 36.5 Å². The van der Waals surface area contributed by atoms with E-state index >= 15 is 0 Å². The van der Waals surface area contributed by atoms with E-state index in [9.17, 15) is 23.5 Å². The standard InChI is InChI=1S/C33H40F2N2O3/c1-5-8-22(4)32(39)26-11-21(3)12-27(17-26)33(40)37-30(16-25-14-28(34)18-29(35)15-25)31(38)20-36-19-24-10-7-9-23(6-2)13-24/h7,9-15,17-18,22,30-31,36,38H,5-6,8,16,19-20H2,1-4H3,(H,37,40)/t22?,30-,31-/m0/s1. The second kappa shape index (κ2) is 14.8. The minimum absolute atomic E-state index is 0.0136. The summed E-state index contributed by atoms with van der Waals surface area (Å²) in [6, 6.07) is 15.5. The number of carbonyl (C=O) groups excluding carboxylic acids is 2. The highest BCUT2D eigenvalue weighted by Crippen LogP contribution is 2.18. The smallest absolute Gasteiger partial charge is 0.251 e. The molecule has 5 nitrogen and oxygen atoms in total. The van der Waals surface area contributed by atoms with Gasteiger partial charge in [-0.25, -0.2) is 8.78 Å². The molecular formula is C33H40F2N2O3. The first-order chi connectivity index (χ1) is 19.1. The SMILES string of the molecule is CCCC(C)C(=O)c1cc(C)cc(C(=O)N[C@@H](Cc2cc(F)cc(F)c2)[C@@H](O)CNCc2cccc(CC)c2)c1. The molecule has 7 heteroatoms. The molecule has 214 valence electrons. The minimum Gasteiger partial charge on any atom is -0.390 e. The predicted molar refractivity (Wildman–Crippen MR) is 154 cm³/mol. The molecule has 0 aliphatic rings. The van der Waals surface area contributed by atoms with E-state index in [-0.39, 0.29) is 24.7 Å². The molecule has 1 unspecified atom stereocenters. The molecule has 0 aliphatic carbocycles. The molecule has 1 amide bonds. The molecule has 0 fully saturated rings. The molecule has 0 aliphatic heterocycles. The summed E-state index contributed by atoms with van der Waals surface area (Å²) in [5.74, 6) is -2.12. The summed E-state index contributed by atoms with van der Waals surface area (Å²) in [6.45, 7) is 8.45. The zero-order chi connectivity index (χ0) is 29.2. The van der Waals surface area contributed by atoms with Crippen LogP contribution in [-0.4, -0.2) is 35.5 Å². The number of halogens is 2. The molecule has 3 N–H and O–H groups in total. The first-order valence-corrected chi connectivity index (χ1v) is 14.0. The van der Waals surface area contributed by atoms with E-state index in [2.05, 4.69) is 29.7 Å². The van der Waals surface area contributed by atoms with Gasteiger partial charge in [-0.15, -0.1) is 0 Å². The van der Waals surface area contributed by atoms with Gasteiger partial charge in [0.1, 0.15) is 11.6 Å². The summed E-state index contributed by atoms with van der Waals surface area (Å²) in [6.07, 6.45) is 1.51. The van der Waals surface area contributed by atoms with Crippen LogP contribution in [0.15, 0.2) is 60.7 Å². The molecule has 3 rings (SSSR count). The fraction of sp³-hybridized carbons (Fsp3) is 0.394. The Kier molecular flexibility index (Phi) is 11.5. The van der Waals surface area contributed by atoms with Crippen molar-refractivity contribution in [1.82, 2.24) is 10.6 Å². The van der Waals surface area contributed by atoms with Crippen molar-refractivity contribution >= 4 is 11.7 Å². The number of hydrogen-bond acceptors (Lipinski definition) is 4. The molecule has 0 aromatic heterocycles. The van der Waals surface area contributed by atoms with Gasteiger partial charge in [0.2, 0.25) is 0 Å². The lowest BCUT2D eigenvalue weighted by Gasteiger charge is -2.25. The highest BCUT2D eigenvalue weighted by atomic mass is 19.1. The topological polar surface area (TPSA) is 78.4 Å². The number of carbonyl (C=O) groups is 2. The monoisotopic (exact) mass is 550 g/mol. The van der Waals surface area contributed by atoms with E-state index in [0.29, 0.717) is 23.2 Å². The number of nitrogens with one attached hydrogen (secondary N) is 2. The van der Waals surface area contributed by atoms with Crippen LogP contribution in [0.5, 0.6) is 0 Å². The number of hydrogen-bond donors (Lipinski definition) is 3. The van der Waals surface area contributed by atoms with Crippen molar-refractivity contribution in [2.75, 3.05) is 6.54 Å². The van der Waals surface area contributed by atoms with E-state index in [1.165, 1.54) is 17.7 Å². The zero-order valence-electron chi connectivity index (χ0n) is 23.8. The third-order valence-electron chi connectivity index (χ3n) is 7.03. The Morgan fingerprint density at radius 1 is 0.900 bits per heavy atom. The van der Waals surface area contributed by atoms with Crippen molar-refractivity contribution in [3.05, 3.63) is 106 Å². The molecule has 0 spiro atoms. The number of rotatable bonds is 14. The molecule has 0 saturated carbocycles. The van der Waals surface area contributed by atoms with Gasteiger partial charge in [0.25, 0.3) is 5.91 Å². The fourth-order valence-electron chi connectivity index (χ4n) is 4.89. The summed E-state index contributed by atoms with van der Waals surface area (Å²) >= 11 is 0. The Labute approximate surface area is 236 Å². The van der Waals surface area contributed by atoms with Crippen LogP contribution in [0.1, 0.15) is 76.6 Å². The van der Waals surface area contributed by atoms with Crippen LogP contribution in [-0.2, 0) is 19.4 Å². The summed E-state index contributed by atoms with van der Waals surface area (Å²) in [4.78, 5) is 26.3. The van der Waals surface area contributed by atoms with Gasteiger partial charge < -0.3 is 15.7 Å². The highest BCUT2D eigenvalue weighted by Gasteiger charge is 2.24. The third kappa shape index (κ3) is 9.07. The largest absolute Gasteiger partial charge is 0.390 e. The molecule has 3 atom stereocenters. The van der Waals surface area contributed by atoms with Crippen LogP contribution in [0.25, 0.3) is 0 Å². The molecule has 0 bridgehead atoms. The maximum atomic E-state index is 13.9. The molecule has 0 radical (unpaired) electrons. The summed E-state index contributed by atoms with van der Waals surface area (Å²) in [7, 11) is 0. The molecule has 3 aromatic carbocycles. The third-order valence-corrected chi connectivity index (χ3v) is 7.03. The maximum Gasteiger partial charge on any atom is 0.251 e. The van der Waals surface area contributed by atoms with Gasteiger partial charge in [-0.05, 0) is 78.8 Å². The van der Waals surface area contributed by atoms with Crippen molar-refractivity contribution in [3.8, 4) is 0 Å². The first-order valence-electron chi connectivity index (χ1n) is 14.0. The van der Waals surface area contributed by atoms with E-state index in [1.54, 1.807) is 18.2 Å². The second-order valence-electron chi connectivity index (χ2n) is 10.6. The summed E-state index contributed by atoms with van der Waals surface area (Å²) < 4.78 is 27.8. The number of aryl methyl sites for hydroxylation is 2. The van der Waals surface area contributed by atoms with Crippen LogP contribution in [0.2, 0.25) is 0 Å². The van der Waals surface area contributed by atoms with E-state index < -0.39 is 29.7 Å². The van der Waals surface area contributed by atoms with Crippen molar-refractivity contribution in [2.24, 2.45) is 5.92 Å². The normalized spacial score (nSPS) is 13.5. The van der Waals surface area contributed by atoms with Gasteiger partial charge in [-0.3, -0.25) is 9.59 Å². The maximum absolute atomic E-state index is 13.9. The zero-order valence-corrected chi connectivity index (χ0v) is 23.8. The lowest BCUT2D eigenvalue weighted by molar-refractivity contribution is 0.0829. The molecule has 0 heterocycles. The highest BCUT2D eigenvalue weighted by molar-refractivity contribution is 6.01. The van der Waals surface area contributed by atoms with E-state index in [4.69, 9.17) is 0 Å². The van der Waals surface area contributed by atoms with E-state index in [1.807, 2.05) is 32.9 Å². The number of aliphatic hydroxyl groups excluding tert-OH is 1. The Hall–Kier alpha value is -3.42. The van der Waals surface area contributed by atoms with Gasteiger partial charge in [0.15, 0.2) is 5.78 Å². The molecule has 40 heavy (non-hydrogen) atoms. The van der Waals surface area contributed by atoms with Crippen LogP contribution >= 0.6 is 0 Å². The summed E-state index contributed by atoms with van der Waals surface area (Å²) in [5.41, 5.74) is 4.10. The Balaban J connectivity index is 1.79. The number of ketones is 1. The number of Topliss-reactive ketones (excluding diaryl/α,β-unsaturated/α-hetero) is 1. The van der Waals surface area contributed by atoms with Crippen molar-refractivity contribution in [1.29, 1.82) is 0 Å². The number of benzene rings is 3. The number of amides is 1. The van der Waals surface area contributed by atoms with Gasteiger partial charge in [-0.2, -0.15) is 0 Å². The summed E-state index contributed by atoms with van der Waals surface area (Å²) in [5, 5.41) is 17.2. The average Bonchev–Trinajstić information content (AvgIpc) is 2.91. The van der Waals surface area contributed by atoms with Gasteiger partial charge >= 0.3 is 0 Å². The van der Waals surface area contributed by atoms with Crippen molar-refractivity contribution in [2.45, 2.75) is 72.1 Å².